The fourth-order valence-electron chi connectivity index (χ4n) is 3.38. The number of hydrogen-bond donors (Lipinski definition) is 3. The minimum Gasteiger partial charge on any atom is -0.386 e. The third-order valence-corrected chi connectivity index (χ3v) is 6.15. The Hall–Kier alpha value is -3.46. The van der Waals surface area contributed by atoms with Gasteiger partial charge in [0.2, 0.25) is 10.0 Å². The lowest BCUT2D eigenvalue weighted by molar-refractivity contribution is -0.114. The summed E-state index contributed by atoms with van der Waals surface area (Å²) in [4.78, 5) is 24.8. The van der Waals surface area contributed by atoms with Gasteiger partial charge in [-0.25, -0.2) is 13.6 Å². The van der Waals surface area contributed by atoms with Crippen molar-refractivity contribution in [3.05, 3.63) is 94.6 Å². The first-order chi connectivity index (χ1) is 15.2. The third kappa shape index (κ3) is 4.57. The van der Waals surface area contributed by atoms with Crippen molar-refractivity contribution in [2.24, 2.45) is 5.14 Å². The molecule has 0 saturated heterocycles. The van der Waals surface area contributed by atoms with E-state index in [-0.39, 0.29) is 4.90 Å². The summed E-state index contributed by atoms with van der Waals surface area (Å²) in [7, 11) is -3.76. The molecule has 0 atom stereocenters. The van der Waals surface area contributed by atoms with Gasteiger partial charge in [0.05, 0.1) is 10.5 Å². The van der Waals surface area contributed by atoms with E-state index in [4.69, 9.17) is 16.7 Å². The zero-order valence-electron chi connectivity index (χ0n) is 16.6. The van der Waals surface area contributed by atoms with Gasteiger partial charge in [0.15, 0.2) is 0 Å². The van der Waals surface area contributed by atoms with Gasteiger partial charge in [0.25, 0.3) is 11.8 Å². The summed E-state index contributed by atoms with van der Waals surface area (Å²) >= 11 is 6.09. The van der Waals surface area contributed by atoms with Crippen molar-refractivity contribution in [2.45, 2.75) is 11.4 Å². The molecule has 3 aromatic rings. The molecule has 0 saturated carbocycles. The second kappa shape index (κ2) is 8.58. The molecule has 0 bridgehead atoms. The highest BCUT2D eigenvalue weighted by Crippen LogP contribution is 2.30. The molecule has 0 aromatic heterocycles. The van der Waals surface area contributed by atoms with Crippen molar-refractivity contribution in [3.8, 4) is 11.1 Å². The fourth-order valence-corrected chi connectivity index (χ4v) is 4.09. The van der Waals surface area contributed by atoms with Crippen LogP contribution in [0.2, 0.25) is 5.02 Å². The van der Waals surface area contributed by atoms with E-state index in [0.29, 0.717) is 28.3 Å². The Labute approximate surface area is 190 Å². The zero-order chi connectivity index (χ0) is 22.9. The smallest absolute Gasteiger partial charge is 0.260 e. The van der Waals surface area contributed by atoms with E-state index >= 15 is 0 Å². The normalized spacial score (nSPS) is 14.8. The maximum absolute atomic E-state index is 12.5. The molecule has 0 radical (unpaired) electrons. The van der Waals surface area contributed by atoms with E-state index in [2.05, 4.69) is 10.6 Å². The number of fused-ring (bicyclic) bond motifs is 1. The number of nitrogens with one attached hydrogen (secondary N) is 2. The summed E-state index contributed by atoms with van der Waals surface area (Å²) in [6, 6.07) is 18.6. The number of imide groups is 1. The summed E-state index contributed by atoms with van der Waals surface area (Å²) in [5, 5.41) is 11.1. The number of carbonyl (C=O) groups excluding carboxylic acids is 2. The van der Waals surface area contributed by atoms with Crippen LogP contribution < -0.4 is 15.8 Å². The van der Waals surface area contributed by atoms with Crippen LogP contribution in [0.25, 0.3) is 16.7 Å². The Bertz CT molecular complexity index is 1370. The van der Waals surface area contributed by atoms with Crippen molar-refractivity contribution in [1.29, 1.82) is 0 Å². The summed E-state index contributed by atoms with van der Waals surface area (Å²) in [6.07, 6.45) is 1.54. The van der Waals surface area contributed by atoms with E-state index in [1.807, 2.05) is 12.1 Å². The Balaban J connectivity index is 1.62. The van der Waals surface area contributed by atoms with Gasteiger partial charge in [-0.2, -0.15) is 0 Å². The Morgan fingerprint density at radius 2 is 1.62 bits per heavy atom. The molecule has 2 amide bonds. The Morgan fingerprint density at radius 1 is 0.906 bits per heavy atom. The molecular formula is C23H18ClN3O4S. The van der Waals surface area contributed by atoms with Crippen LogP contribution in [-0.4, -0.2) is 20.2 Å². The highest BCUT2D eigenvalue weighted by molar-refractivity contribution is 7.89. The molecule has 9 heteroatoms. The standard InChI is InChI=1S/C23H18ClN3O4S/c24-17-3-1-2-15(10-17)16-6-9-19-20(11-16)21(23(29)27-22(19)28)13-26-12-14-4-7-18(8-5-14)32(25,30)31/h1-11,13,26H,12H2,(H2,25,30,31)(H,27,28,29)/b21-13-. The van der Waals surface area contributed by atoms with Crippen LogP contribution >= 0.6 is 11.6 Å². The van der Waals surface area contributed by atoms with Crippen molar-refractivity contribution in [3.63, 3.8) is 0 Å². The second-order valence-corrected chi connectivity index (χ2v) is 9.18. The first-order valence-corrected chi connectivity index (χ1v) is 11.5. The monoisotopic (exact) mass is 467 g/mol. The Kier molecular flexibility index (Phi) is 5.84. The Morgan fingerprint density at radius 3 is 2.31 bits per heavy atom. The maximum atomic E-state index is 12.5. The third-order valence-electron chi connectivity index (χ3n) is 4.99. The van der Waals surface area contributed by atoms with Gasteiger partial charge < -0.3 is 5.32 Å². The zero-order valence-corrected chi connectivity index (χ0v) is 18.2. The number of carbonyl (C=O) groups is 2. The summed E-state index contributed by atoms with van der Waals surface area (Å²) in [5.41, 5.74) is 3.67. The van der Waals surface area contributed by atoms with Crippen molar-refractivity contribution in [2.75, 3.05) is 0 Å². The quantitative estimate of drug-likeness (QED) is 0.393. The molecule has 0 fully saturated rings. The van der Waals surface area contributed by atoms with Gasteiger partial charge in [0.1, 0.15) is 0 Å². The summed E-state index contributed by atoms with van der Waals surface area (Å²) in [5.74, 6) is -0.971. The van der Waals surface area contributed by atoms with E-state index in [9.17, 15) is 18.0 Å². The molecule has 32 heavy (non-hydrogen) atoms. The first-order valence-electron chi connectivity index (χ1n) is 9.54. The molecule has 0 spiro atoms. The van der Waals surface area contributed by atoms with Crippen LogP contribution in [0.3, 0.4) is 0 Å². The molecule has 162 valence electrons. The largest absolute Gasteiger partial charge is 0.386 e. The van der Waals surface area contributed by atoms with Crippen LogP contribution in [0.5, 0.6) is 0 Å². The van der Waals surface area contributed by atoms with Gasteiger partial charge in [-0.3, -0.25) is 14.9 Å². The van der Waals surface area contributed by atoms with Crippen LogP contribution in [-0.2, 0) is 21.4 Å². The minimum absolute atomic E-state index is 0.0206. The predicted molar refractivity (Wildman–Crippen MR) is 122 cm³/mol. The summed E-state index contributed by atoms with van der Waals surface area (Å²) in [6.45, 7) is 0.332. The highest BCUT2D eigenvalue weighted by atomic mass is 35.5. The van der Waals surface area contributed by atoms with E-state index in [1.165, 1.54) is 18.3 Å². The van der Waals surface area contributed by atoms with Crippen molar-refractivity contribution >= 4 is 39.0 Å². The van der Waals surface area contributed by atoms with Gasteiger partial charge in [0, 0.05) is 28.9 Å². The first kappa shape index (κ1) is 21.8. The molecule has 4 N–H and O–H groups in total. The molecule has 4 rings (SSSR count). The van der Waals surface area contributed by atoms with Gasteiger partial charge in [-0.15, -0.1) is 0 Å². The summed E-state index contributed by atoms with van der Waals surface area (Å²) < 4.78 is 22.7. The molecule has 7 nitrogen and oxygen atoms in total. The molecule has 0 aliphatic carbocycles. The molecular weight excluding hydrogens is 450 g/mol. The lowest BCUT2D eigenvalue weighted by Crippen LogP contribution is -2.37. The van der Waals surface area contributed by atoms with E-state index in [1.54, 1.807) is 42.5 Å². The predicted octanol–water partition coefficient (Wildman–Crippen LogP) is 3.06. The number of nitrogens with two attached hydrogens (primary N) is 1. The number of hydrogen-bond acceptors (Lipinski definition) is 5. The second-order valence-electron chi connectivity index (χ2n) is 7.18. The molecule has 3 aromatic carbocycles. The number of primary sulfonamides is 1. The average molecular weight is 468 g/mol. The van der Waals surface area contributed by atoms with Crippen LogP contribution in [0.4, 0.5) is 0 Å². The van der Waals surface area contributed by atoms with Crippen molar-refractivity contribution < 1.29 is 18.0 Å². The lowest BCUT2D eigenvalue weighted by Gasteiger charge is -2.19. The van der Waals surface area contributed by atoms with Gasteiger partial charge >= 0.3 is 0 Å². The lowest BCUT2D eigenvalue weighted by atomic mass is 9.91. The fraction of sp³-hybridized carbons (Fsp3) is 0.0435. The maximum Gasteiger partial charge on any atom is 0.260 e. The molecule has 1 heterocycles. The average Bonchev–Trinajstić information content (AvgIpc) is 2.75. The number of rotatable bonds is 5. The number of amides is 2. The van der Waals surface area contributed by atoms with E-state index in [0.717, 1.165) is 16.7 Å². The van der Waals surface area contributed by atoms with E-state index < -0.39 is 21.8 Å². The minimum atomic E-state index is -3.76. The number of benzene rings is 3. The number of halogens is 1. The van der Waals surface area contributed by atoms with Gasteiger partial charge in [-0.1, -0.05) is 41.9 Å². The topological polar surface area (TPSA) is 118 Å². The SMILES string of the molecule is NS(=O)(=O)c1ccc(CN/C=C2\C(=O)NC(=O)c3ccc(-c4cccc(Cl)c4)cc32)cc1. The molecule has 1 aliphatic rings. The van der Waals surface area contributed by atoms with Crippen LogP contribution in [0, 0.1) is 0 Å². The highest BCUT2D eigenvalue weighted by Gasteiger charge is 2.27. The van der Waals surface area contributed by atoms with Gasteiger partial charge in [-0.05, 0) is 53.1 Å². The van der Waals surface area contributed by atoms with Crippen molar-refractivity contribution in [1.82, 2.24) is 10.6 Å². The van der Waals surface area contributed by atoms with Crippen LogP contribution in [0.1, 0.15) is 21.5 Å². The van der Waals surface area contributed by atoms with Crippen LogP contribution in [0.15, 0.2) is 77.8 Å². The molecule has 0 unspecified atom stereocenters. The molecule has 1 aliphatic heterocycles. The number of sulfonamides is 1.